The number of benzene rings is 2. The molecular weight excluding hydrogens is 341 g/mol. The topological polar surface area (TPSA) is 35.2 Å². The molecule has 2 nitrogen and oxygen atoms in total. The number of thiocarbonyl (C=S) groups is 1. The van der Waals surface area contributed by atoms with Gasteiger partial charge < -0.3 is 10.5 Å². The summed E-state index contributed by atoms with van der Waals surface area (Å²) in [7, 11) is 0. The molecular formula is C15H13BrFNOS. The molecule has 0 heterocycles. The van der Waals surface area contributed by atoms with Crippen LogP contribution in [0.15, 0.2) is 40.9 Å². The standard InChI is InChI=1S/C15H13BrFNOS/c1-9-2-3-10(15(18)20)6-14(9)19-8-11-4-5-12(16)7-13(11)17/h2-7H,8H2,1H3,(H2,18,20). The highest BCUT2D eigenvalue weighted by atomic mass is 79.9. The van der Waals surface area contributed by atoms with E-state index in [9.17, 15) is 4.39 Å². The van der Waals surface area contributed by atoms with Crippen molar-refractivity contribution in [2.24, 2.45) is 5.73 Å². The maximum Gasteiger partial charge on any atom is 0.130 e. The van der Waals surface area contributed by atoms with E-state index < -0.39 is 0 Å². The van der Waals surface area contributed by atoms with E-state index in [-0.39, 0.29) is 12.4 Å². The van der Waals surface area contributed by atoms with Crippen LogP contribution in [0.4, 0.5) is 4.39 Å². The second-order valence-electron chi connectivity index (χ2n) is 4.37. The summed E-state index contributed by atoms with van der Waals surface area (Å²) in [5, 5.41) is 0. The average Bonchev–Trinajstić information content (AvgIpc) is 2.39. The van der Waals surface area contributed by atoms with E-state index in [1.807, 2.05) is 19.1 Å². The number of hydrogen-bond acceptors (Lipinski definition) is 2. The third-order valence-corrected chi connectivity index (χ3v) is 3.60. The summed E-state index contributed by atoms with van der Waals surface area (Å²) < 4.78 is 20.1. The zero-order valence-corrected chi connectivity index (χ0v) is 13.2. The summed E-state index contributed by atoms with van der Waals surface area (Å²) >= 11 is 8.16. The molecule has 0 amide bonds. The first kappa shape index (κ1) is 14.9. The first-order valence-electron chi connectivity index (χ1n) is 5.94. The van der Waals surface area contributed by atoms with Crippen LogP contribution in [0.25, 0.3) is 0 Å². The number of nitrogens with two attached hydrogens (primary N) is 1. The highest BCUT2D eigenvalue weighted by Crippen LogP contribution is 2.22. The van der Waals surface area contributed by atoms with Gasteiger partial charge in [0.25, 0.3) is 0 Å². The number of ether oxygens (including phenoxy) is 1. The molecule has 0 aliphatic carbocycles. The average molecular weight is 354 g/mol. The first-order valence-corrected chi connectivity index (χ1v) is 7.14. The first-order chi connectivity index (χ1) is 9.47. The van der Waals surface area contributed by atoms with Gasteiger partial charge in [-0.25, -0.2) is 4.39 Å². The molecule has 0 radical (unpaired) electrons. The van der Waals surface area contributed by atoms with E-state index in [0.717, 1.165) is 11.1 Å². The zero-order chi connectivity index (χ0) is 14.7. The van der Waals surface area contributed by atoms with Crippen molar-refractivity contribution in [3.63, 3.8) is 0 Å². The predicted molar refractivity (Wildman–Crippen MR) is 85.5 cm³/mol. The van der Waals surface area contributed by atoms with Crippen LogP contribution in [0, 0.1) is 12.7 Å². The van der Waals surface area contributed by atoms with Gasteiger partial charge in [0.1, 0.15) is 23.2 Å². The largest absolute Gasteiger partial charge is 0.489 e. The Labute approximate surface area is 130 Å². The van der Waals surface area contributed by atoms with Crippen molar-refractivity contribution in [1.29, 1.82) is 0 Å². The number of hydrogen-bond donors (Lipinski definition) is 1. The van der Waals surface area contributed by atoms with Crippen LogP contribution in [0.3, 0.4) is 0 Å². The molecule has 0 atom stereocenters. The molecule has 2 aromatic rings. The second-order valence-corrected chi connectivity index (χ2v) is 5.72. The van der Waals surface area contributed by atoms with Gasteiger partial charge >= 0.3 is 0 Å². The van der Waals surface area contributed by atoms with Crippen LogP contribution < -0.4 is 10.5 Å². The van der Waals surface area contributed by atoms with Crippen molar-refractivity contribution in [1.82, 2.24) is 0 Å². The van der Waals surface area contributed by atoms with Gasteiger partial charge in [0.05, 0.1) is 0 Å². The van der Waals surface area contributed by atoms with Gasteiger partial charge in [-0.3, -0.25) is 0 Å². The highest BCUT2D eigenvalue weighted by Gasteiger charge is 2.07. The van der Waals surface area contributed by atoms with Crippen molar-refractivity contribution in [2.75, 3.05) is 0 Å². The summed E-state index contributed by atoms with van der Waals surface area (Å²) in [6.45, 7) is 2.07. The minimum absolute atomic E-state index is 0.154. The Kier molecular flexibility index (Phi) is 4.73. The molecule has 5 heteroatoms. The fraction of sp³-hybridized carbons (Fsp3) is 0.133. The van der Waals surface area contributed by atoms with Gasteiger partial charge in [-0.2, -0.15) is 0 Å². The predicted octanol–water partition coefficient (Wildman–Crippen LogP) is 4.11. The van der Waals surface area contributed by atoms with Crippen LogP contribution in [0.2, 0.25) is 0 Å². The molecule has 0 saturated heterocycles. The highest BCUT2D eigenvalue weighted by molar-refractivity contribution is 9.10. The van der Waals surface area contributed by atoms with Crippen molar-refractivity contribution in [3.8, 4) is 5.75 Å². The van der Waals surface area contributed by atoms with Gasteiger partial charge in [-0.05, 0) is 30.7 Å². The molecule has 2 rings (SSSR count). The summed E-state index contributed by atoms with van der Waals surface area (Å²) in [5.74, 6) is 0.347. The second kappa shape index (κ2) is 6.33. The van der Waals surface area contributed by atoms with Gasteiger partial charge in [0.15, 0.2) is 0 Å². The summed E-state index contributed by atoms with van der Waals surface area (Å²) in [5.41, 5.74) is 7.77. The molecule has 0 saturated carbocycles. The third-order valence-electron chi connectivity index (χ3n) is 2.87. The maximum atomic E-state index is 13.7. The van der Waals surface area contributed by atoms with E-state index in [1.54, 1.807) is 18.2 Å². The van der Waals surface area contributed by atoms with Crippen LogP contribution in [0.5, 0.6) is 5.75 Å². The fourth-order valence-electron chi connectivity index (χ4n) is 1.70. The SMILES string of the molecule is Cc1ccc(C(N)=S)cc1OCc1ccc(Br)cc1F. The Hall–Kier alpha value is -1.46. The van der Waals surface area contributed by atoms with Gasteiger partial charge in [-0.1, -0.05) is 46.3 Å². The Bertz CT molecular complexity index is 660. The smallest absolute Gasteiger partial charge is 0.130 e. The molecule has 104 valence electrons. The summed E-state index contributed by atoms with van der Waals surface area (Å²) in [4.78, 5) is 0.310. The van der Waals surface area contributed by atoms with E-state index in [1.165, 1.54) is 6.07 Å². The van der Waals surface area contributed by atoms with Crippen LogP contribution in [-0.4, -0.2) is 4.99 Å². The molecule has 2 aromatic carbocycles. The third kappa shape index (κ3) is 3.55. The monoisotopic (exact) mass is 353 g/mol. The molecule has 2 N–H and O–H groups in total. The Morgan fingerprint density at radius 2 is 2.05 bits per heavy atom. The van der Waals surface area contributed by atoms with Crippen LogP contribution in [-0.2, 0) is 6.61 Å². The molecule has 0 aliphatic heterocycles. The van der Waals surface area contributed by atoms with E-state index >= 15 is 0 Å². The van der Waals surface area contributed by atoms with Crippen molar-refractivity contribution in [3.05, 3.63) is 63.4 Å². The zero-order valence-electron chi connectivity index (χ0n) is 10.8. The van der Waals surface area contributed by atoms with E-state index in [0.29, 0.717) is 20.8 Å². The normalized spacial score (nSPS) is 10.3. The lowest BCUT2D eigenvalue weighted by Gasteiger charge is -2.11. The maximum absolute atomic E-state index is 13.7. The Morgan fingerprint density at radius 1 is 1.30 bits per heavy atom. The van der Waals surface area contributed by atoms with Crippen LogP contribution >= 0.6 is 28.1 Å². The van der Waals surface area contributed by atoms with Gasteiger partial charge in [0.2, 0.25) is 0 Å². The fourth-order valence-corrected chi connectivity index (χ4v) is 2.16. The van der Waals surface area contributed by atoms with Gasteiger partial charge in [0, 0.05) is 15.6 Å². The molecule has 0 aromatic heterocycles. The molecule has 0 bridgehead atoms. The van der Waals surface area contributed by atoms with Crippen molar-refractivity contribution < 1.29 is 9.13 Å². The quantitative estimate of drug-likeness (QED) is 0.840. The lowest BCUT2D eigenvalue weighted by molar-refractivity contribution is 0.297. The van der Waals surface area contributed by atoms with Crippen molar-refractivity contribution >= 4 is 33.1 Å². The molecule has 20 heavy (non-hydrogen) atoms. The summed E-state index contributed by atoms with van der Waals surface area (Å²) in [6, 6.07) is 10.4. The number of halogens is 2. The molecule has 0 fully saturated rings. The minimum atomic E-state index is -0.303. The van der Waals surface area contributed by atoms with Crippen LogP contribution in [0.1, 0.15) is 16.7 Å². The lowest BCUT2D eigenvalue weighted by atomic mass is 10.1. The van der Waals surface area contributed by atoms with E-state index in [2.05, 4.69) is 15.9 Å². The Balaban J connectivity index is 2.18. The molecule has 0 aliphatic rings. The van der Waals surface area contributed by atoms with Crippen molar-refractivity contribution in [2.45, 2.75) is 13.5 Å². The van der Waals surface area contributed by atoms with E-state index in [4.69, 9.17) is 22.7 Å². The molecule has 0 unspecified atom stereocenters. The molecule has 0 spiro atoms. The van der Waals surface area contributed by atoms with Gasteiger partial charge in [-0.15, -0.1) is 0 Å². The Morgan fingerprint density at radius 3 is 2.70 bits per heavy atom. The number of aryl methyl sites for hydroxylation is 1. The lowest BCUT2D eigenvalue weighted by Crippen LogP contribution is -2.10. The summed E-state index contributed by atoms with van der Waals surface area (Å²) in [6.07, 6.45) is 0. The minimum Gasteiger partial charge on any atom is -0.489 e. The number of rotatable bonds is 4.